The number of nitrogens with one attached hydrogen (secondary N) is 2. The van der Waals surface area contributed by atoms with Gasteiger partial charge in [0, 0.05) is 5.69 Å². The van der Waals surface area contributed by atoms with Gasteiger partial charge in [0.05, 0.1) is 16.3 Å². The molecule has 0 spiro atoms. The number of halogens is 2. The topological polar surface area (TPSA) is 88.7 Å². The van der Waals surface area contributed by atoms with Gasteiger partial charge in [0.15, 0.2) is 11.7 Å². The molecule has 9 heteroatoms. The third-order valence-corrected chi connectivity index (χ3v) is 3.67. The first kappa shape index (κ1) is 19.0. The number of nitrogens with zero attached hydrogens (tertiary/aromatic N) is 1. The molecule has 25 heavy (non-hydrogen) atoms. The SMILES string of the molecule is NC(=S)N/N=C\c1ccc(OCC(=O)Nc2ccc(Cl)c(Cl)c2)cc1. The first-order valence-corrected chi connectivity index (χ1v) is 8.17. The van der Waals surface area contributed by atoms with Crippen molar-refractivity contribution in [3.63, 3.8) is 0 Å². The van der Waals surface area contributed by atoms with E-state index in [9.17, 15) is 4.79 Å². The summed E-state index contributed by atoms with van der Waals surface area (Å²) in [6.07, 6.45) is 1.56. The van der Waals surface area contributed by atoms with Crippen LogP contribution in [-0.4, -0.2) is 23.8 Å². The summed E-state index contributed by atoms with van der Waals surface area (Å²) in [5, 5.41) is 7.38. The lowest BCUT2D eigenvalue weighted by Crippen LogP contribution is -2.23. The van der Waals surface area contributed by atoms with E-state index in [-0.39, 0.29) is 17.6 Å². The Morgan fingerprint density at radius 1 is 1.20 bits per heavy atom. The molecule has 2 rings (SSSR count). The fraction of sp³-hybridized carbons (Fsp3) is 0.0625. The molecule has 2 aromatic rings. The quantitative estimate of drug-likeness (QED) is 0.396. The maximum Gasteiger partial charge on any atom is 0.262 e. The van der Waals surface area contributed by atoms with Crippen LogP contribution in [0.1, 0.15) is 5.56 Å². The zero-order chi connectivity index (χ0) is 18.2. The van der Waals surface area contributed by atoms with Crippen molar-refractivity contribution < 1.29 is 9.53 Å². The van der Waals surface area contributed by atoms with E-state index in [0.717, 1.165) is 5.56 Å². The number of anilines is 1. The molecule has 0 aromatic heterocycles. The summed E-state index contributed by atoms with van der Waals surface area (Å²) in [6.45, 7) is -0.142. The van der Waals surface area contributed by atoms with Gasteiger partial charge in [-0.2, -0.15) is 5.10 Å². The highest BCUT2D eigenvalue weighted by atomic mass is 35.5. The maximum atomic E-state index is 11.9. The van der Waals surface area contributed by atoms with Crippen LogP contribution in [0.25, 0.3) is 0 Å². The average Bonchev–Trinajstić information content (AvgIpc) is 2.57. The molecule has 6 nitrogen and oxygen atoms in total. The number of hydrazone groups is 1. The molecule has 0 saturated carbocycles. The van der Waals surface area contributed by atoms with E-state index in [0.29, 0.717) is 21.5 Å². The molecule has 0 fully saturated rings. The molecule has 0 atom stereocenters. The van der Waals surface area contributed by atoms with Crippen LogP contribution in [0.3, 0.4) is 0 Å². The van der Waals surface area contributed by atoms with Crippen molar-refractivity contribution in [2.24, 2.45) is 10.8 Å². The van der Waals surface area contributed by atoms with Gasteiger partial charge in [0.25, 0.3) is 5.91 Å². The molecule has 2 aromatic carbocycles. The summed E-state index contributed by atoms with van der Waals surface area (Å²) in [4.78, 5) is 11.9. The monoisotopic (exact) mass is 396 g/mol. The molecule has 0 saturated heterocycles. The first-order chi connectivity index (χ1) is 11.9. The van der Waals surface area contributed by atoms with Gasteiger partial charge >= 0.3 is 0 Å². The van der Waals surface area contributed by atoms with E-state index in [4.69, 9.17) is 33.7 Å². The number of hydrogen-bond donors (Lipinski definition) is 3. The van der Waals surface area contributed by atoms with Gasteiger partial charge in [-0.1, -0.05) is 23.2 Å². The van der Waals surface area contributed by atoms with Crippen molar-refractivity contribution in [1.82, 2.24) is 5.43 Å². The van der Waals surface area contributed by atoms with E-state index in [1.807, 2.05) is 0 Å². The van der Waals surface area contributed by atoms with Crippen LogP contribution in [-0.2, 0) is 4.79 Å². The minimum atomic E-state index is -0.315. The molecule has 0 unspecified atom stereocenters. The van der Waals surface area contributed by atoms with E-state index in [1.54, 1.807) is 48.7 Å². The Hall–Kier alpha value is -2.35. The van der Waals surface area contributed by atoms with E-state index in [1.165, 1.54) is 0 Å². The molecular formula is C16H14Cl2N4O2S. The largest absolute Gasteiger partial charge is 0.484 e. The number of amides is 1. The van der Waals surface area contributed by atoms with Crippen molar-refractivity contribution in [2.45, 2.75) is 0 Å². The predicted molar refractivity (Wildman–Crippen MR) is 105 cm³/mol. The van der Waals surface area contributed by atoms with Crippen molar-refractivity contribution in [3.8, 4) is 5.75 Å². The molecule has 0 radical (unpaired) electrons. The maximum absolute atomic E-state index is 11.9. The Morgan fingerprint density at radius 3 is 2.56 bits per heavy atom. The molecule has 4 N–H and O–H groups in total. The highest BCUT2D eigenvalue weighted by molar-refractivity contribution is 7.80. The second kappa shape index (κ2) is 9.22. The normalized spacial score (nSPS) is 10.5. The standard InChI is InChI=1S/C16H14Cl2N4O2S/c17-13-6-3-11(7-14(13)18)21-15(23)9-24-12-4-1-10(2-5-12)8-20-22-16(19)25/h1-8H,9H2,(H,21,23)(H3,19,22,25)/b20-8-. The minimum absolute atomic E-state index is 0.0872. The lowest BCUT2D eigenvalue weighted by molar-refractivity contribution is -0.118. The van der Waals surface area contributed by atoms with E-state index in [2.05, 4.69) is 28.1 Å². The molecule has 0 aliphatic rings. The number of rotatable bonds is 6. The number of benzene rings is 2. The fourth-order valence-corrected chi connectivity index (χ4v) is 2.09. The van der Waals surface area contributed by atoms with Crippen LogP contribution in [0, 0.1) is 0 Å². The van der Waals surface area contributed by atoms with Crippen molar-refractivity contribution in [1.29, 1.82) is 0 Å². The molecule has 130 valence electrons. The Balaban J connectivity index is 1.84. The van der Waals surface area contributed by atoms with Crippen LogP contribution < -0.4 is 21.2 Å². The van der Waals surface area contributed by atoms with Crippen LogP contribution in [0.5, 0.6) is 5.75 Å². The Kier molecular flexibility index (Phi) is 7.00. The minimum Gasteiger partial charge on any atom is -0.484 e. The van der Waals surface area contributed by atoms with Crippen molar-refractivity contribution >= 4 is 58.3 Å². The smallest absolute Gasteiger partial charge is 0.262 e. The van der Waals surface area contributed by atoms with Gasteiger partial charge in [0.2, 0.25) is 0 Å². The fourth-order valence-electron chi connectivity index (χ4n) is 1.74. The lowest BCUT2D eigenvalue weighted by atomic mass is 10.2. The number of thiocarbonyl (C=S) groups is 1. The Morgan fingerprint density at radius 2 is 1.92 bits per heavy atom. The zero-order valence-corrected chi connectivity index (χ0v) is 15.2. The van der Waals surface area contributed by atoms with Gasteiger partial charge in [-0.15, -0.1) is 0 Å². The van der Waals surface area contributed by atoms with Crippen LogP contribution >= 0.6 is 35.4 Å². The predicted octanol–water partition coefficient (Wildman–Crippen LogP) is 3.18. The third-order valence-electron chi connectivity index (χ3n) is 2.84. The second-order valence-corrected chi connectivity index (χ2v) is 6.02. The molecular weight excluding hydrogens is 383 g/mol. The van der Waals surface area contributed by atoms with E-state index < -0.39 is 0 Å². The summed E-state index contributed by atoms with van der Waals surface area (Å²) in [5.74, 6) is 0.230. The molecule has 0 aliphatic carbocycles. The van der Waals surface area contributed by atoms with Gasteiger partial charge in [0.1, 0.15) is 5.75 Å². The lowest BCUT2D eigenvalue weighted by Gasteiger charge is -2.08. The van der Waals surface area contributed by atoms with Crippen LogP contribution in [0.4, 0.5) is 5.69 Å². The number of carbonyl (C=O) groups excluding carboxylic acids is 1. The first-order valence-electron chi connectivity index (χ1n) is 7.00. The Bertz CT molecular complexity index is 797. The molecule has 0 aliphatic heterocycles. The van der Waals surface area contributed by atoms with Crippen molar-refractivity contribution in [3.05, 3.63) is 58.1 Å². The highest BCUT2D eigenvalue weighted by Crippen LogP contribution is 2.24. The van der Waals surface area contributed by atoms with Crippen LogP contribution in [0.15, 0.2) is 47.6 Å². The summed E-state index contributed by atoms with van der Waals surface area (Å²) in [6, 6.07) is 11.8. The van der Waals surface area contributed by atoms with Gasteiger partial charge in [-0.25, -0.2) is 0 Å². The molecule has 1 amide bonds. The van der Waals surface area contributed by atoms with Crippen LogP contribution in [0.2, 0.25) is 10.0 Å². The van der Waals surface area contributed by atoms with Gasteiger partial charge in [-0.05, 0) is 60.2 Å². The van der Waals surface area contributed by atoms with Gasteiger partial charge < -0.3 is 15.8 Å². The van der Waals surface area contributed by atoms with Gasteiger partial charge in [-0.3, -0.25) is 10.2 Å². The third kappa shape index (κ3) is 6.58. The molecule has 0 heterocycles. The number of ether oxygens (including phenoxy) is 1. The van der Waals surface area contributed by atoms with E-state index >= 15 is 0 Å². The highest BCUT2D eigenvalue weighted by Gasteiger charge is 2.06. The number of nitrogens with two attached hydrogens (primary N) is 1. The zero-order valence-electron chi connectivity index (χ0n) is 12.8. The molecule has 0 bridgehead atoms. The summed E-state index contributed by atoms with van der Waals surface area (Å²) in [5.41, 5.74) is 9.07. The summed E-state index contributed by atoms with van der Waals surface area (Å²) < 4.78 is 5.42. The Labute approximate surface area is 159 Å². The average molecular weight is 397 g/mol. The number of hydrogen-bond acceptors (Lipinski definition) is 4. The second-order valence-electron chi connectivity index (χ2n) is 4.77. The summed E-state index contributed by atoms with van der Waals surface area (Å²) in [7, 11) is 0. The number of carbonyl (C=O) groups is 1. The summed E-state index contributed by atoms with van der Waals surface area (Å²) >= 11 is 16.3. The van der Waals surface area contributed by atoms with Crippen molar-refractivity contribution in [2.75, 3.05) is 11.9 Å².